The molecular weight excluding hydrogens is 340 g/mol. The third-order valence-corrected chi connectivity index (χ3v) is 5.65. The molecule has 0 bridgehead atoms. The molecule has 1 aliphatic carbocycles. The number of hydrogen-bond acceptors (Lipinski definition) is 5. The summed E-state index contributed by atoms with van der Waals surface area (Å²) in [6, 6.07) is 9.15. The van der Waals surface area contributed by atoms with Crippen LogP contribution in [0.5, 0.6) is 0 Å². The van der Waals surface area contributed by atoms with Crippen LogP contribution in [0.4, 0.5) is 11.5 Å². The van der Waals surface area contributed by atoms with E-state index in [0.29, 0.717) is 11.5 Å². The molecule has 1 fully saturated rings. The van der Waals surface area contributed by atoms with Crippen LogP contribution < -0.4 is 15.8 Å². The summed E-state index contributed by atoms with van der Waals surface area (Å²) in [4.78, 5) is 16.3. The molecule has 1 aromatic carbocycles. The van der Waals surface area contributed by atoms with Crippen LogP contribution in [-0.4, -0.2) is 25.4 Å². The van der Waals surface area contributed by atoms with E-state index >= 15 is 0 Å². The van der Waals surface area contributed by atoms with Crippen molar-refractivity contribution in [3.63, 3.8) is 0 Å². The Morgan fingerprint density at radius 2 is 1.92 bits per heavy atom. The molecule has 7 nitrogen and oxygen atoms in total. The van der Waals surface area contributed by atoms with E-state index in [-0.39, 0.29) is 16.5 Å². The first kappa shape index (κ1) is 17.4. The first-order valence-corrected chi connectivity index (χ1v) is 9.58. The molecule has 1 aromatic heterocycles. The molecule has 1 heterocycles. The van der Waals surface area contributed by atoms with Crippen molar-refractivity contribution in [2.45, 2.75) is 36.6 Å². The Kier molecular flexibility index (Phi) is 5.00. The SMILES string of the molecule is Nc1ccc(NC(=O)c2cccc(S(=O)(=O)NC3CCCC3)c2)cn1. The number of nitrogens with one attached hydrogen (secondary N) is 2. The quantitative estimate of drug-likeness (QED) is 0.756. The maximum Gasteiger partial charge on any atom is 0.255 e. The minimum Gasteiger partial charge on any atom is -0.384 e. The number of amides is 1. The molecule has 0 radical (unpaired) electrons. The van der Waals surface area contributed by atoms with Gasteiger partial charge in [-0.3, -0.25) is 4.79 Å². The lowest BCUT2D eigenvalue weighted by Crippen LogP contribution is -2.32. The van der Waals surface area contributed by atoms with E-state index in [1.54, 1.807) is 24.3 Å². The highest BCUT2D eigenvalue weighted by atomic mass is 32.2. The molecule has 2 aromatic rings. The van der Waals surface area contributed by atoms with E-state index < -0.39 is 15.9 Å². The number of carbonyl (C=O) groups is 1. The number of aromatic nitrogens is 1. The van der Waals surface area contributed by atoms with E-state index in [4.69, 9.17) is 5.73 Å². The summed E-state index contributed by atoms with van der Waals surface area (Å²) in [5.41, 5.74) is 6.24. The van der Waals surface area contributed by atoms with Crippen molar-refractivity contribution in [2.75, 3.05) is 11.1 Å². The molecule has 1 aliphatic rings. The predicted octanol–water partition coefficient (Wildman–Crippen LogP) is 2.14. The van der Waals surface area contributed by atoms with Crippen LogP contribution in [0.15, 0.2) is 47.5 Å². The topological polar surface area (TPSA) is 114 Å². The standard InChI is InChI=1S/C17H20N4O3S/c18-16-9-8-14(11-19-16)20-17(22)12-4-3-7-15(10-12)25(23,24)21-13-5-1-2-6-13/h3-4,7-11,13,21H,1-2,5-6H2,(H2,18,19)(H,20,22). The summed E-state index contributed by atoms with van der Waals surface area (Å²) in [5.74, 6) is -0.0615. The highest BCUT2D eigenvalue weighted by Gasteiger charge is 2.23. The Morgan fingerprint density at radius 3 is 2.60 bits per heavy atom. The van der Waals surface area contributed by atoms with Gasteiger partial charge in [0.25, 0.3) is 5.91 Å². The van der Waals surface area contributed by atoms with Crippen LogP contribution in [-0.2, 0) is 10.0 Å². The molecule has 3 rings (SSSR count). The molecule has 4 N–H and O–H groups in total. The van der Waals surface area contributed by atoms with Gasteiger partial charge in [-0.15, -0.1) is 0 Å². The number of benzene rings is 1. The van der Waals surface area contributed by atoms with Crippen molar-refractivity contribution in [3.8, 4) is 0 Å². The van der Waals surface area contributed by atoms with Crippen molar-refractivity contribution >= 4 is 27.4 Å². The number of sulfonamides is 1. The van der Waals surface area contributed by atoms with E-state index in [1.807, 2.05) is 0 Å². The molecular formula is C17H20N4O3S. The maximum absolute atomic E-state index is 12.5. The number of nitrogens with two attached hydrogens (primary N) is 1. The highest BCUT2D eigenvalue weighted by molar-refractivity contribution is 7.89. The number of nitrogens with zero attached hydrogens (tertiary/aromatic N) is 1. The summed E-state index contributed by atoms with van der Waals surface area (Å²) in [6.45, 7) is 0. The third kappa shape index (κ3) is 4.34. The zero-order valence-corrected chi connectivity index (χ0v) is 14.4. The number of hydrogen-bond donors (Lipinski definition) is 3. The average molecular weight is 360 g/mol. The second-order valence-electron chi connectivity index (χ2n) is 6.06. The molecule has 1 amide bonds. The van der Waals surface area contributed by atoms with Gasteiger partial charge in [0.15, 0.2) is 0 Å². The molecule has 0 spiro atoms. The van der Waals surface area contributed by atoms with Crippen LogP contribution in [0, 0.1) is 0 Å². The number of nitrogen functional groups attached to an aromatic ring is 1. The van der Waals surface area contributed by atoms with Gasteiger partial charge in [-0.1, -0.05) is 18.9 Å². The van der Waals surface area contributed by atoms with Gasteiger partial charge in [-0.2, -0.15) is 0 Å². The van der Waals surface area contributed by atoms with Crippen LogP contribution in [0.2, 0.25) is 0 Å². The Bertz CT molecular complexity index is 860. The van der Waals surface area contributed by atoms with Gasteiger partial charge in [-0.25, -0.2) is 18.1 Å². The van der Waals surface area contributed by atoms with Crippen LogP contribution in [0.3, 0.4) is 0 Å². The lowest BCUT2D eigenvalue weighted by atomic mass is 10.2. The second-order valence-corrected chi connectivity index (χ2v) is 7.77. The minimum absolute atomic E-state index is 0.0247. The highest BCUT2D eigenvalue weighted by Crippen LogP contribution is 2.21. The second kappa shape index (κ2) is 7.20. The van der Waals surface area contributed by atoms with Crippen molar-refractivity contribution < 1.29 is 13.2 Å². The van der Waals surface area contributed by atoms with Crippen molar-refractivity contribution in [1.29, 1.82) is 0 Å². The van der Waals surface area contributed by atoms with Crippen molar-refractivity contribution in [3.05, 3.63) is 48.2 Å². The molecule has 0 unspecified atom stereocenters. The summed E-state index contributed by atoms with van der Waals surface area (Å²) in [6.07, 6.45) is 5.21. The molecule has 0 atom stereocenters. The average Bonchev–Trinajstić information content (AvgIpc) is 3.09. The Labute approximate surface area is 146 Å². The number of pyridine rings is 1. The molecule has 8 heteroatoms. The number of anilines is 2. The fourth-order valence-electron chi connectivity index (χ4n) is 2.82. The van der Waals surface area contributed by atoms with Crippen LogP contribution in [0.25, 0.3) is 0 Å². The first-order chi connectivity index (χ1) is 11.9. The van der Waals surface area contributed by atoms with E-state index in [1.165, 1.54) is 18.3 Å². The molecule has 0 aliphatic heterocycles. The van der Waals surface area contributed by atoms with Crippen molar-refractivity contribution in [2.24, 2.45) is 0 Å². The number of carbonyl (C=O) groups excluding carboxylic acids is 1. The third-order valence-electron chi connectivity index (χ3n) is 4.13. The van der Waals surface area contributed by atoms with Gasteiger partial charge in [-0.05, 0) is 43.2 Å². The Morgan fingerprint density at radius 1 is 1.16 bits per heavy atom. The zero-order valence-electron chi connectivity index (χ0n) is 13.6. The monoisotopic (exact) mass is 360 g/mol. The molecule has 1 saturated carbocycles. The van der Waals surface area contributed by atoms with E-state index in [9.17, 15) is 13.2 Å². The number of rotatable bonds is 5. The largest absolute Gasteiger partial charge is 0.384 e. The van der Waals surface area contributed by atoms with Crippen LogP contribution in [0.1, 0.15) is 36.0 Å². The predicted molar refractivity (Wildman–Crippen MR) is 95.6 cm³/mol. The van der Waals surface area contributed by atoms with Gasteiger partial charge < -0.3 is 11.1 Å². The zero-order chi connectivity index (χ0) is 17.9. The van der Waals surface area contributed by atoms with Gasteiger partial charge in [0, 0.05) is 11.6 Å². The van der Waals surface area contributed by atoms with Gasteiger partial charge in [0.05, 0.1) is 16.8 Å². The summed E-state index contributed by atoms with van der Waals surface area (Å²) in [7, 11) is -3.64. The summed E-state index contributed by atoms with van der Waals surface area (Å²) < 4.78 is 27.7. The van der Waals surface area contributed by atoms with Crippen LogP contribution >= 0.6 is 0 Å². The summed E-state index contributed by atoms with van der Waals surface area (Å²) in [5, 5.41) is 2.66. The van der Waals surface area contributed by atoms with Crippen molar-refractivity contribution in [1.82, 2.24) is 9.71 Å². The lowest BCUT2D eigenvalue weighted by molar-refractivity contribution is 0.102. The van der Waals surface area contributed by atoms with Gasteiger partial charge in [0.1, 0.15) is 5.82 Å². The maximum atomic E-state index is 12.5. The molecule has 25 heavy (non-hydrogen) atoms. The summed E-state index contributed by atoms with van der Waals surface area (Å²) >= 11 is 0. The van der Waals surface area contributed by atoms with E-state index in [2.05, 4.69) is 15.0 Å². The van der Waals surface area contributed by atoms with Gasteiger partial charge >= 0.3 is 0 Å². The normalized spacial score (nSPS) is 15.2. The smallest absolute Gasteiger partial charge is 0.255 e. The fraction of sp³-hybridized carbons (Fsp3) is 0.294. The molecule has 132 valence electrons. The Hall–Kier alpha value is -2.45. The first-order valence-electron chi connectivity index (χ1n) is 8.09. The fourth-order valence-corrected chi connectivity index (χ4v) is 4.17. The minimum atomic E-state index is -3.64. The Balaban J connectivity index is 1.76. The molecule has 0 saturated heterocycles. The van der Waals surface area contributed by atoms with Gasteiger partial charge in [0.2, 0.25) is 10.0 Å². The lowest BCUT2D eigenvalue weighted by Gasteiger charge is -2.13. The van der Waals surface area contributed by atoms with E-state index in [0.717, 1.165) is 25.7 Å².